The van der Waals surface area contributed by atoms with E-state index in [-0.39, 0.29) is 18.9 Å². The third-order valence-electron chi connectivity index (χ3n) is 3.62. The summed E-state index contributed by atoms with van der Waals surface area (Å²) in [6, 6.07) is 16.4. The zero-order valence-corrected chi connectivity index (χ0v) is 13.6. The number of hydrogen-bond donors (Lipinski definition) is 2. The topological polar surface area (TPSA) is 75.6 Å². The summed E-state index contributed by atoms with van der Waals surface area (Å²) in [5.74, 6) is -1.30. The molecule has 126 valence electrons. The van der Waals surface area contributed by atoms with Crippen molar-refractivity contribution in [2.45, 2.75) is 26.0 Å². The molecule has 0 aliphatic rings. The first-order chi connectivity index (χ1) is 11.6. The van der Waals surface area contributed by atoms with Crippen molar-refractivity contribution < 1.29 is 19.4 Å². The van der Waals surface area contributed by atoms with Crippen LogP contribution in [0.2, 0.25) is 0 Å². The second kappa shape index (κ2) is 8.84. The maximum absolute atomic E-state index is 12.1. The van der Waals surface area contributed by atoms with Gasteiger partial charge in [0.1, 0.15) is 6.61 Å². The summed E-state index contributed by atoms with van der Waals surface area (Å²) in [6.45, 7) is 2.11. The van der Waals surface area contributed by atoms with Crippen molar-refractivity contribution in [3.63, 3.8) is 0 Å². The number of benzene rings is 2. The molecule has 0 aliphatic heterocycles. The maximum Gasteiger partial charge on any atom is 0.305 e. The van der Waals surface area contributed by atoms with Gasteiger partial charge in [-0.25, -0.2) is 0 Å². The van der Waals surface area contributed by atoms with Crippen molar-refractivity contribution in [3.05, 3.63) is 71.3 Å². The first-order valence-corrected chi connectivity index (χ1v) is 7.74. The Bertz CT molecular complexity index is 685. The van der Waals surface area contributed by atoms with E-state index in [1.807, 2.05) is 61.5 Å². The van der Waals surface area contributed by atoms with Gasteiger partial charge >= 0.3 is 5.97 Å². The third-order valence-corrected chi connectivity index (χ3v) is 3.62. The molecule has 2 aromatic rings. The van der Waals surface area contributed by atoms with Gasteiger partial charge in [-0.3, -0.25) is 9.59 Å². The molecule has 0 saturated carbocycles. The highest BCUT2D eigenvalue weighted by Crippen LogP contribution is 2.20. The largest absolute Gasteiger partial charge is 0.481 e. The van der Waals surface area contributed by atoms with E-state index in [0.717, 1.165) is 16.7 Å². The highest BCUT2D eigenvalue weighted by atomic mass is 16.5. The lowest BCUT2D eigenvalue weighted by molar-refractivity contribution is -0.138. The monoisotopic (exact) mass is 327 g/mol. The minimum atomic E-state index is -0.964. The number of aliphatic carboxylic acids is 1. The number of carbonyl (C=O) groups is 2. The normalized spacial score (nSPS) is 11.7. The fourth-order valence-corrected chi connectivity index (χ4v) is 2.46. The van der Waals surface area contributed by atoms with Gasteiger partial charge in [0.15, 0.2) is 0 Å². The molecule has 2 rings (SSSR count). The summed E-state index contributed by atoms with van der Waals surface area (Å²) in [5, 5.41) is 11.8. The Morgan fingerprint density at radius 1 is 1.08 bits per heavy atom. The summed E-state index contributed by atoms with van der Waals surface area (Å²) in [4.78, 5) is 23.2. The van der Waals surface area contributed by atoms with Gasteiger partial charge in [0.25, 0.3) is 0 Å². The summed E-state index contributed by atoms with van der Waals surface area (Å²) in [5.41, 5.74) is 2.72. The SMILES string of the molecule is Cc1ccccc1C(CC(=O)O)NC(=O)COCc1ccccc1. The third kappa shape index (κ3) is 5.52. The number of ether oxygens (including phenoxy) is 1. The molecule has 1 unspecified atom stereocenters. The number of hydrogen-bond acceptors (Lipinski definition) is 3. The summed E-state index contributed by atoms with van der Waals surface area (Å²) < 4.78 is 5.39. The van der Waals surface area contributed by atoms with Crippen molar-refractivity contribution >= 4 is 11.9 Å². The van der Waals surface area contributed by atoms with Gasteiger partial charge in [-0.05, 0) is 23.6 Å². The number of nitrogens with one attached hydrogen (secondary N) is 1. The van der Waals surface area contributed by atoms with Gasteiger partial charge in [0.2, 0.25) is 5.91 Å². The molecule has 0 saturated heterocycles. The number of carboxylic acid groups (broad SMARTS) is 1. The quantitative estimate of drug-likeness (QED) is 0.782. The van der Waals surface area contributed by atoms with Crippen LogP contribution in [0.1, 0.15) is 29.2 Å². The molecule has 2 N–H and O–H groups in total. The van der Waals surface area contributed by atoms with Crippen molar-refractivity contribution in [2.24, 2.45) is 0 Å². The van der Waals surface area contributed by atoms with E-state index in [1.54, 1.807) is 0 Å². The standard InChI is InChI=1S/C19H21NO4/c1-14-7-5-6-10-16(14)17(11-19(22)23)20-18(21)13-24-12-15-8-3-2-4-9-15/h2-10,17H,11-13H2,1H3,(H,20,21)(H,22,23). The molecule has 0 bridgehead atoms. The number of amides is 1. The molecule has 2 aromatic carbocycles. The van der Waals surface area contributed by atoms with Crippen molar-refractivity contribution in [3.8, 4) is 0 Å². The molecule has 1 atom stereocenters. The van der Waals surface area contributed by atoms with E-state index in [2.05, 4.69) is 5.32 Å². The van der Waals surface area contributed by atoms with E-state index >= 15 is 0 Å². The van der Waals surface area contributed by atoms with Gasteiger partial charge in [0.05, 0.1) is 19.1 Å². The van der Waals surface area contributed by atoms with Crippen LogP contribution in [0.5, 0.6) is 0 Å². The minimum absolute atomic E-state index is 0.114. The average molecular weight is 327 g/mol. The lowest BCUT2D eigenvalue weighted by Crippen LogP contribution is -2.33. The fraction of sp³-hybridized carbons (Fsp3) is 0.263. The highest BCUT2D eigenvalue weighted by molar-refractivity contribution is 5.79. The Hall–Kier alpha value is -2.66. The molecule has 0 spiro atoms. The van der Waals surface area contributed by atoms with Crippen LogP contribution in [0.3, 0.4) is 0 Å². The smallest absolute Gasteiger partial charge is 0.305 e. The Morgan fingerprint density at radius 2 is 1.75 bits per heavy atom. The predicted molar refractivity (Wildman–Crippen MR) is 90.4 cm³/mol. The lowest BCUT2D eigenvalue weighted by Gasteiger charge is -2.19. The maximum atomic E-state index is 12.1. The van der Waals surface area contributed by atoms with Crippen molar-refractivity contribution in [2.75, 3.05) is 6.61 Å². The molecule has 5 heteroatoms. The summed E-state index contributed by atoms with van der Waals surface area (Å²) in [7, 11) is 0. The number of rotatable bonds is 8. The second-order valence-corrected chi connectivity index (χ2v) is 5.55. The molecular formula is C19H21NO4. The van der Waals surface area contributed by atoms with Crippen LogP contribution in [0.15, 0.2) is 54.6 Å². The average Bonchev–Trinajstić information content (AvgIpc) is 2.55. The summed E-state index contributed by atoms with van der Waals surface area (Å²) in [6.07, 6.45) is -0.171. The van der Waals surface area contributed by atoms with Gasteiger partial charge in [-0.2, -0.15) is 0 Å². The van der Waals surface area contributed by atoms with Gasteiger partial charge < -0.3 is 15.2 Å². The van der Waals surface area contributed by atoms with Crippen LogP contribution in [0, 0.1) is 6.92 Å². The molecule has 5 nitrogen and oxygen atoms in total. The molecule has 24 heavy (non-hydrogen) atoms. The van der Waals surface area contributed by atoms with Crippen LogP contribution in [-0.4, -0.2) is 23.6 Å². The Balaban J connectivity index is 1.92. The first-order valence-electron chi connectivity index (χ1n) is 7.74. The van der Waals surface area contributed by atoms with Crippen LogP contribution < -0.4 is 5.32 Å². The van der Waals surface area contributed by atoms with Crippen LogP contribution >= 0.6 is 0 Å². The highest BCUT2D eigenvalue weighted by Gasteiger charge is 2.19. The zero-order valence-electron chi connectivity index (χ0n) is 13.6. The Kier molecular flexibility index (Phi) is 6.51. The predicted octanol–water partition coefficient (Wildman–Crippen LogP) is 2.84. The van der Waals surface area contributed by atoms with E-state index in [0.29, 0.717) is 6.61 Å². The molecule has 0 heterocycles. The molecule has 0 radical (unpaired) electrons. The Morgan fingerprint density at radius 3 is 2.42 bits per heavy atom. The zero-order chi connectivity index (χ0) is 17.4. The van der Waals surface area contributed by atoms with E-state index < -0.39 is 12.0 Å². The first kappa shape index (κ1) is 17.7. The second-order valence-electron chi connectivity index (χ2n) is 5.55. The fourth-order valence-electron chi connectivity index (χ4n) is 2.46. The molecule has 1 amide bonds. The molecule has 0 fully saturated rings. The van der Waals surface area contributed by atoms with Crippen LogP contribution in [0.25, 0.3) is 0 Å². The molecule has 0 aromatic heterocycles. The minimum Gasteiger partial charge on any atom is -0.481 e. The van der Waals surface area contributed by atoms with Gasteiger partial charge in [0, 0.05) is 0 Å². The van der Waals surface area contributed by atoms with Crippen LogP contribution in [0.4, 0.5) is 0 Å². The lowest BCUT2D eigenvalue weighted by atomic mass is 9.99. The van der Waals surface area contributed by atoms with E-state index in [4.69, 9.17) is 9.84 Å². The number of carboxylic acids is 1. The number of carbonyl (C=O) groups excluding carboxylic acids is 1. The van der Waals surface area contributed by atoms with Gasteiger partial charge in [-0.1, -0.05) is 54.6 Å². The van der Waals surface area contributed by atoms with Crippen molar-refractivity contribution in [1.29, 1.82) is 0 Å². The molecule has 0 aliphatic carbocycles. The Labute approximate surface area is 141 Å². The van der Waals surface area contributed by atoms with Gasteiger partial charge in [-0.15, -0.1) is 0 Å². The summed E-state index contributed by atoms with van der Waals surface area (Å²) >= 11 is 0. The van der Waals surface area contributed by atoms with E-state index in [1.165, 1.54) is 0 Å². The van der Waals surface area contributed by atoms with Crippen molar-refractivity contribution in [1.82, 2.24) is 5.32 Å². The molecular weight excluding hydrogens is 306 g/mol. The van der Waals surface area contributed by atoms with E-state index in [9.17, 15) is 9.59 Å². The number of aryl methyl sites for hydroxylation is 1. The van der Waals surface area contributed by atoms with Crippen LogP contribution in [-0.2, 0) is 20.9 Å².